The van der Waals surface area contributed by atoms with Gasteiger partial charge in [-0.2, -0.15) is 11.8 Å². The van der Waals surface area contributed by atoms with Gasteiger partial charge in [0.15, 0.2) is 0 Å². The van der Waals surface area contributed by atoms with Crippen molar-refractivity contribution in [3.63, 3.8) is 0 Å². The number of halogens is 3. The maximum Gasteiger partial charge on any atom is 0.129 e. The second kappa shape index (κ2) is 6.65. The molecule has 0 N–H and O–H groups in total. The van der Waals surface area contributed by atoms with E-state index >= 15 is 0 Å². The van der Waals surface area contributed by atoms with E-state index in [1.54, 1.807) is 17.8 Å². The molecule has 1 atom stereocenters. The molecular weight excluding hydrogens is 360 g/mol. The smallest absolute Gasteiger partial charge is 0.129 e. The summed E-state index contributed by atoms with van der Waals surface area (Å²) >= 11 is 7.97. The highest BCUT2D eigenvalue weighted by Crippen LogP contribution is 2.47. The van der Waals surface area contributed by atoms with Gasteiger partial charge in [0.05, 0.1) is 11.6 Å². The maximum absolute atomic E-state index is 14.5. The van der Waals surface area contributed by atoms with Gasteiger partial charge in [-0.25, -0.2) is 8.78 Å². The van der Waals surface area contributed by atoms with Gasteiger partial charge in [0.1, 0.15) is 11.6 Å². The zero-order valence-corrected chi connectivity index (χ0v) is 15.4. The Kier molecular flexibility index (Phi) is 4.50. The van der Waals surface area contributed by atoms with E-state index in [4.69, 9.17) is 11.6 Å². The Bertz CT molecular complexity index is 933. The van der Waals surface area contributed by atoms with Crippen LogP contribution >= 0.6 is 23.4 Å². The molecule has 1 fully saturated rings. The fraction of sp³-hybridized carbons (Fsp3) is 0.300. The number of nitrogens with zero attached hydrogens (tertiary/aromatic N) is 1. The lowest BCUT2D eigenvalue weighted by atomic mass is 10.0. The third-order valence-electron chi connectivity index (χ3n) is 4.87. The average Bonchev–Trinajstić information content (AvgIpc) is 3.32. The summed E-state index contributed by atoms with van der Waals surface area (Å²) in [5.41, 5.74) is 2.55. The van der Waals surface area contributed by atoms with Crippen LogP contribution in [0, 0.1) is 17.6 Å². The summed E-state index contributed by atoms with van der Waals surface area (Å²) in [6.45, 7) is 0. The summed E-state index contributed by atoms with van der Waals surface area (Å²) in [4.78, 5) is 0. The molecule has 1 heterocycles. The normalized spacial score (nSPS) is 15.7. The summed E-state index contributed by atoms with van der Waals surface area (Å²) in [6, 6.07) is 9.96. The largest absolute Gasteiger partial charge is 0.339 e. The van der Waals surface area contributed by atoms with Crippen LogP contribution in [0.3, 0.4) is 0 Å². The van der Waals surface area contributed by atoms with Gasteiger partial charge in [-0.05, 0) is 60.9 Å². The number of hydrogen-bond acceptors (Lipinski definition) is 1. The van der Waals surface area contributed by atoms with E-state index in [1.165, 1.54) is 18.2 Å². The van der Waals surface area contributed by atoms with Gasteiger partial charge in [-0.15, -0.1) is 0 Å². The van der Waals surface area contributed by atoms with E-state index < -0.39 is 0 Å². The molecule has 130 valence electrons. The van der Waals surface area contributed by atoms with Crippen LogP contribution in [0.15, 0.2) is 42.6 Å². The summed E-state index contributed by atoms with van der Waals surface area (Å²) in [5.74, 6) is 0.544. The van der Waals surface area contributed by atoms with Crippen molar-refractivity contribution in [2.24, 2.45) is 5.92 Å². The van der Waals surface area contributed by atoms with E-state index in [-0.39, 0.29) is 17.7 Å². The molecule has 3 aromatic rings. The van der Waals surface area contributed by atoms with E-state index in [2.05, 4.69) is 4.57 Å². The molecule has 1 saturated carbocycles. The molecule has 0 spiro atoms. The molecule has 1 unspecified atom stereocenters. The van der Waals surface area contributed by atoms with Gasteiger partial charge in [-0.1, -0.05) is 17.7 Å². The third kappa shape index (κ3) is 3.06. The molecule has 0 bridgehead atoms. The number of fused-ring (bicyclic) bond motifs is 1. The monoisotopic (exact) mass is 377 g/mol. The highest BCUT2D eigenvalue weighted by molar-refractivity contribution is 7.97. The second-order valence-electron chi connectivity index (χ2n) is 6.57. The van der Waals surface area contributed by atoms with Gasteiger partial charge in [-0.3, -0.25) is 0 Å². The van der Waals surface area contributed by atoms with Crippen LogP contribution in [0.1, 0.15) is 30.0 Å². The van der Waals surface area contributed by atoms with Crippen LogP contribution in [0.4, 0.5) is 8.78 Å². The Morgan fingerprint density at radius 3 is 2.68 bits per heavy atom. The van der Waals surface area contributed by atoms with Crippen LogP contribution < -0.4 is 0 Å². The maximum atomic E-state index is 14.5. The van der Waals surface area contributed by atoms with E-state index in [0.717, 1.165) is 34.9 Å². The molecule has 0 aliphatic heterocycles. The molecule has 0 saturated heterocycles. The van der Waals surface area contributed by atoms with Crippen LogP contribution in [-0.4, -0.2) is 10.8 Å². The van der Waals surface area contributed by atoms with Gasteiger partial charge in [0.2, 0.25) is 0 Å². The number of hydrogen-bond donors (Lipinski definition) is 0. The van der Waals surface area contributed by atoms with E-state index in [0.29, 0.717) is 16.7 Å². The summed E-state index contributed by atoms with van der Waals surface area (Å²) in [7, 11) is 0. The minimum absolute atomic E-state index is 0.00741. The molecule has 0 amide bonds. The Hall–Kier alpha value is -1.52. The second-order valence-corrected chi connectivity index (χ2v) is 7.84. The van der Waals surface area contributed by atoms with Crippen LogP contribution in [-0.2, 0) is 5.75 Å². The molecule has 4 rings (SSSR count). The summed E-state index contributed by atoms with van der Waals surface area (Å²) in [5, 5.41) is 1.45. The van der Waals surface area contributed by atoms with Gasteiger partial charge < -0.3 is 4.57 Å². The number of benzene rings is 2. The highest BCUT2D eigenvalue weighted by atomic mass is 35.5. The predicted molar refractivity (Wildman–Crippen MR) is 101 cm³/mol. The summed E-state index contributed by atoms with van der Waals surface area (Å²) < 4.78 is 30.1. The molecular formula is C20H18ClF2NS. The fourth-order valence-electron chi connectivity index (χ4n) is 3.60. The van der Waals surface area contributed by atoms with Gasteiger partial charge in [0.25, 0.3) is 0 Å². The first-order valence-corrected chi connectivity index (χ1v) is 10.1. The van der Waals surface area contributed by atoms with Crippen LogP contribution in [0.5, 0.6) is 0 Å². The molecule has 1 aromatic heterocycles. The number of thioether (sulfide) groups is 1. The molecule has 1 aliphatic carbocycles. The zero-order valence-electron chi connectivity index (χ0n) is 13.8. The fourth-order valence-corrected chi connectivity index (χ4v) is 4.44. The first kappa shape index (κ1) is 16.9. The van der Waals surface area contributed by atoms with Gasteiger partial charge in [0, 0.05) is 27.9 Å². The standard InChI is InChI=1S/C20H18ClF2NS/c1-25-11-16-18(23)7-4-13-8-9-24(20(13)16)19(12-2-3-12)15-6-5-14(22)10-17(15)21/h4-10,12,19H,2-3,11H2,1H3. The predicted octanol–water partition coefficient (Wildman–Crippen LogP) is 6.44. The van der Waals surface area contributed by atoms with E-state index in [1.807, 2.05) is 24.6 Å². The topological polar surface area (TPSA) is 4.93 Å². The van der Waals surface area contributed by atoms with Crippen molar-refractivity contribution >= 4 is 34.3 Å². The Labute approximate surface area is 155 Å². The zero-order chi connectivity index (χ0) is 17.6. The first-order chi connectivity index (χ1) is 12.1. The SMILES string of the molecule is CSCc1c(F)ccc2ccn(C(c3ccc(F)cc3Cl)C3CC3)c12. The van der Waals surface area contributed by atoms with Crippen LogP contribution in [0.25, 0.3) is 10.9 Å². The van der Waals surface area contributed by atoms with Crippen molar-refractivity contribution in [1.29, 1.82) is 0 Å². The van der Waals surface area contributed by atoms with Crippen molar-refractivity contribution in [3.8, 4) is 0 Å². The van der Waals surface area contributed by atoms with Crippen molar-refractivity contribution in [3.05, 3.63) is 70.4 Å². The minimum atomic E-state index is -0.338. The number of rotatable bonds is 5. The van der Waals surface area contributed by atoms with Crippen molar-refractivity contribution in [1.82, 2.24) is 4.57 Å². The molecule has 1 nitrogen and oxygen atoms in total. The Morgan fingerprint density at radius 1 is 1.20 bits per heavy atom. The summed E-state index contributed by atoms with van der Waals surface area (Å²) in [6.07, 6.45) is 6.19. The molecule has 25 heavy (non-hydrogen) atoms. The quantitative estimate of drug-likeness (QED) is 0.495. The first-order valence-electron chi connectivity index (χ1n) is 8.32. The Morgan fingerprint density at radius 2 is 2.00 bits per heavy atom. The molecule has 0 radical (unpaired) electrons. The van der Waals surface area contributed by atoms with Crippen molar-refractivity contribution < 1.29 is 8.78 Å². The van der Waals surface area contributed by atoms with Crippen molar-refractivity contribution in [2.45, 2.75) is 24.6 Å². The highest BCUT2D eigenvalue weighted by Gasteiger charge is 2.35. The molecule has 2 aromatic carbocycles. The Balaban J connectivity index is 1.93. The van der Waals surface area contributed by atoms with Gasteiger partial charge >= 0.3 is 0 Å². The third-order valence-corrected chi connectivity index (χ3v) is 5.77. The lowest BCUT2D eigenvalue weighted by Crippen LogP contribution is -2.13. The number of aromatic nitrogens is 1. The lowest BCUT2D eigenvalue weighted by molar-refractivity contribution is 0.531. The van der Waals surface area contributed by atoms with Crippen LogP contribution in [0.2, 0.25) is 5.02 Å². The molecule has 1 aliphatic rings. The minimum Gasteiger partial charge on any atom is -0.339 e. The van der Waals surface area contributed by atoms with E-state index in [9.17, 15) is 8.78 Å². The molecule has 5 heteroatoms. The average molecular weight is 378 g/mol. The van der Waals surface area contributed by atoms with Crippen molar-refractivity contribution in [2.75, 3.05) is 6.26 Å². The lowest BCUT2D eigenvalue weighted by Gasteiger charge is -2.23.